The summed E-state index contributed by atoms with van der Waals surface area (Å²) >= 11 is 0. The first kappa shape index (κ1) is 23.0. The molecule has 32 heavy (non-hydrogen) atoms. The maximum Gasteiger partial charge on any atom is 0.256 e. The molecule has 1 aromatic heterocycles. The van der Waals surface area contributed by atoms with E-state index in [1.807, 2.05) is 11.5 Å². The fraction of sp³-hybridized carbons (Fsp3) is 0.583. The fourth-order valence-corrected chi connectivity index (χ4v) is 6.95. The van der Waals surface area contributed by atoms with Crippen LogP contribution in [0.2, 0.25) is 0 Å². The van der Waals surface area contributed by atoms with Crippen LogP contribution in [0, 0.1) is 11.8 Å². The summed E-state index contributed by atoms with van der Waals surface area (Å²) in [6, 6.07) is 4.81. The van der Waals surface area contributed by atoms with Crippen molar-refractivity contribution in [3.8, 4) is 0 Å². The van der Waals surface area contributed by atoms with Gasteiger partial charge in [-0.1, -0.05) is 26.7 Å². The van der Waals surface area contributed by atoms with Gasteiger partial charge in [0, 0.05) is 37.3 Å². The molecule has 2 atom stereocenters. The van der Waals surface area contributed by atoms with Crippen molar-refractivity contribution < 1.29 is 13.2 Å². The number of carbonyl (C=O) groups is 1. The Bertz CT molecular complexity index is 1170. The van der Waals surface area contributed by atoms with E-state index < -0.39 is 15.5 Å². The largest absolute Gasteiger partial charge is 0.349 e. The third kappa shape index (κ3) is 4.35. The summed E-state index contributed by atoms with van der Waals surface area (Å²) in [6.07, 6.45) is 6.61. The van der Waals surface area contributed by atoms with Crippen LogP contribution in [0.25, 0.3) is 10.9 Å². The van der Waals surface area contributed by atoms with Crippen LogP contribution in [0.4, 0.5) is 0 Å². The number of aryl methyl sites for hydroxylation is 1. The Labute approximate surface area is 189 Å². The molecule has 7 nitrogen and oxygen atoms in total. The highest BCUT2D eigenvalue weighted by molar-refractivity contribution is 7.89. The molecule has 1 aromatic carbocycles. The van der Waals surface area contributed by atoms with Crippen molar-refractivity contribution in [2.45, 2.75) is 70.4 Å². The topological polar surface area (TPSA) is 88.5 Å². The number of nitrogens with zero attached hydrogens (tertiary/aromatic N) is 2. The predicted octanol–water partition coefficient (Wildman–Crippen LogP) is 3.36. The van der Waals surface area contributed by atoms with Crippen molar-refractivity contribution in [3.63, 3.8) is 0 Å². The van der Waals surface area contributed by atoms with Gasteiger partial charge in [-0.05, 0) is 56.2 Å². The van der Waals surface area contributed by atoms with E-state index in [1.165, 1.54) is 10.4 Å². The normalized spacial score (nSPS) is 23.0. The molecule has 1 aliphatic carbocycles. The van der Waals surface area contributed by atoms with E-state index in [0.29, 0.717) is 25.2 Å². The monoisotopic (exact) mass is 459 g/mol. The average molecular weight is 460 g/mol. The van der Waals surface area contributed by atoms with Crippen molar-refractivity contribution in [2.24, 2.45) is 11.8 Å². The van der Waals surface area contributed by atoms with Gasteiger partial charge in [0.1, 0.15) is 5.56 Å². The van der Waals surface area contributed by atoms with Crippen LogP contribution in [0.5, 0.6) is 0 Å². The summed E-state index contributed by atoms with van der Waals surface area (Å²) in [5.41, 5.74) is 0.285. The van der Waals surface area contributed by atoms with Crippen LogP contribution in [-0.4, -0.2) is 42.3 Å². The summed E-state index contributed by atoms with van der Waals surface area (Å²) in [4.78, 5) is 26.3. The van der Waals surface area contributed by atoms with E-state index in [0.717, 1.165) is 32.1 Å². The van der Waals surface area contributed by atoms with Crippen molar-refractivity contribution in [2.75, 3.05) is 13.1 Å². The molecular formula is C24H33N3O4S. The van der Waals surface area contributed by atoms with Gasteiger partial charge >= 0.3 is 0 Å². The summed E-state index contributed by atoms with van der Waals surface area (Å²) in [6.45, 7) is 7.58. The van der Waals surface area contributed by atoms with Crippen LogP contribution < -0.4 is 10.7 Å². The summed E-state index contributed by atoms with van der Waals surface area (Å²) < 4.78 is 30.1. The quantitative estimate of drug-likeness (QED) is 0.743. The Hall–Kier alpha value is -2.19. The molecule has 1 N–H and O–H groups in total. The number of fused-ring (bicyclic) bond motifs is 1. The molecule has 2 aliphatic rings. The van der Waals surface area contributed by atoms with Gasteiger partial charge in [0.25, 0.3) is 5.91 Å². The van der Waals surface area contributed by atoms with Crippen molar-refractivity contribution in [3.05, 3.63) is 40.2 Å². The fourth-order valence-electron chi connectivity index (χ4n) is 5.24. The molecule has 2 aromatic rings. The molecule has 0 bridgehead atoms. The zero-order valence-electron chi connectivity index (χ0n) is 19.1. The molecule has 1 amide bonds. The predicted molar refractivity (Wildman–Crippen MR) is 125 cm³/mol. The van der Waals surface area contributed by atoms with Gasteiger partial charge < -0.3 is 9.88 Å². The minimum absolute atomic E-state index is 0.0704. The number of carbonyl (C=O) groups excluding carboxylic acids is 1. The second-order valence-corrected chi connectivity index (χ2v) is 11.5. The third-order valence-electron chi connectivity index (χ3n) is 6.80. The van der Waals surface area contributed by atoms with Crippen LogP contribution in [-0.2, 0) is 16.6 Å². The Morgan fingerprint density at radius 3 is 2.41 bits per heavy atom. The molecule has 1 saturated carbocycles. The molecule has 0 spiro atoms. The van der Waals surface area contributed by atoms with Crippen LogP contribution in [0.3, 0.4) is 0 Å². The Morgan fingerprint density at radius 2 is 1.78 bits per heavy atom. The number of pyridine rings is 1. The van der Waals surface area contributed by atoms with Gasteiger partial charge in [-0.3, -0.25) is 9.59 Å². The van der Waals surface area contributed by atoms with Gasteiger partial charge in [0.2, 0.25) is 15.5 Å². The van der Waals surface area contributed by atoms with Gasteiger partial charge in [0.05, 0.1) is 10.4 Å². The smallest absolute Gasteiger partial charge is 0.256 e. The first-order chi connectivity index (χ1) is 15.2. The minimum Gasteiger partial charge on any atom is -0.349 e. The highest BCUT2D eigenvalue weighted by Crippen LogP contribution is 2.28. The molecular weight excluding hydrogens is 426 g/mol. The van der Waals surface area contributed by atoms with Crippen molar-refractivity contribution in [1.82, 2.24) is 14.2 Å². The zero-order valence-corrected chi connectivity index (χ0v) is 20.0. The molecule has 0 unspecified atom stereocenters. The number of piperidine rings is 1. The summed E-state index contributed by atoms with van der Waals surface area (Å²) in [5, 5.41) is 3.25. The molecule has 1 aliphatic heterocycles. The van der Waals surface area contributed by atoms with Gasteiger partial charge in [-0.15, -0.1) is 0 Å². The molecule has 1 saturated heterocycles. The van der Waals surface area contributed by atoms with E-state index in [2.05, 4.69) is 19.2 Å². The Kier molecular flexibility index (Phi) is 6.45. The van der Waals surface area contributed by atoms with E-state index in [4.69, 9.17) is 0 Å². The maximum atomic E-state index is 13.4. The van der Waals surface area contributed by atoms with Gasteiger partial charge in [-0.25, -0.2) is 8.42 Å². The highest BCUT2D eigenvalue weighted by Gasteiger charge is 2.32. The molecule has 2 heterocycles. The number of hydrogen-bond acceptors (Lipinski definition) is 4. The maximum absolute atomic E-state index is 13.4. The highest BCUT2D eigenvalue weighted by atomic mass is 32.2. The van der Waals surface area contributed by atoms with Crippen LogP contribution >= 0.6 is 0 Å². The minimum atomic E-state index is -3.72. The van der Waals surface area contributed by atoms with Crippen molar-refractivity contribution >= 4 is 26.8 Å². The Balaban J connectivity index is 1.76. The second kappa shape index (κ2) is 8.98. The number of amides is 1. The first-order valence-electron chi connectivity index (χ1n) is 11.7. The third-order valence-corrected chi connectivity index (χ3v) is 8.63. The molecule has 8 heteroatoms. The molecule has 4 rings (SSSR count). The summed E-state index contributed by atoms with van der Waals surface area (Å²) in [7, 11) is -3.72. The van der Waals surface area contributed by atoms with E-state index in [9.17, 15) is 18.0 Å². The summed E-state index contributed by atoms with van der Waals surface area (Å²) in [5.74, 6) is 0.201. The lowest BCUT2D eigenvalue weighted by Crippen LogP contribution is -2.42. The number of nitrogens with one attached hydrogen (secondary N) is 1. The SMILES string of the molecule is CCn1cc(C(=O)NC2CCCC2)c(=O)c2cc(S(=O)(=O)N3C[C@H](C)C[C@H](C)C3)ccc21. The zero-order chi connectivity index (χ0) is 23.0. The Morgan fingerprint density at radius 1 is 1.12 bits per heavy atom. The van der Waals surface area contributed by atoms with E-state index in [-0.39, 0.29) is 39.6 Å². The van der Waals surface area contributed by atoms with Crippen LogP contribution in [0.1, 0.15) is 63.2 Å². The standard InChI is InChI=1S/C24H33N3O4S/c1-4-26-15-21(24(29)25-18-7-5-6-8-18)23(28)20-12-19(9-10-22(20)26)32(30,31)27-13-16(2)11-17(3)14-27/h9-10,12,15-18H,4-8,11,13-14H2,1-3H3,(H,25,29)/t16-,17+. The number of rotatable bonds is 5. The van der Waals surface area contributed by atoms with E-state index >= 15 is 0 Å². The molecule has 174 valence electrons. The second-order valence-electron chi connectivity index (χ2n) is 9.56. The van der Waals surface area contributed by atoms with E-state index in [1.54, 1.807) is 18.3 Å². The number of aromatic nitrogens is 1. The lowest BCUT2D eigenvalue weighted by atomic mass is 9.94. The van der Waals surface area contributed by atoms with Gasteiger partial charge in [0.15, 0.2) is 0 Å². The number of sulfonamides is 1. The molecule has 2 fully saturated rings. The van der Waals surface area contributed by atoms with Crippen LogP contribution in [0.15, 0.2) is 34.1 Å². The molecule has 0 radical (unpaired) electrons. The average Bonchev–Trinajstić information content (AvgIpc) is 3.26. The lowest BCUT2D eigenvalue weighted by molar-refractivity contribution is 0.0936. The first-order valence-corrected chi connectivity index (χ1v) is 13.1. The van der Waals surface area contributed by atoms with Crippen molar-refractivity contribution in [1.29, 1.82) is 0 Å². The van der Waals surface area contributed by atoms with Gasteiger partial charge in [-0.2, -0.15) is 4.31 Å². The lowest BCUT2D eigenvalue weighted by Gasteiger charge is -2.34. The number of benzene rings is 1. The number of hydrogen-bond donors (Lipinski definition) is 1.